The van der Waals surface area contributed by atoms with Gasteiger partial charge in [0.1, 0.15) is 0 Å². The van der Waals surface area contributed by atoms with E-state index >= 15 is 0 Å². The molecule has 1 N–H and O–H groups in total. The molecule has 0 saturated carbocycles. The molecular formula is C15H24O2Si. The van der Waals surface area contributed by atoms with Crippen molar-refractivity contribution in [3.05, 3.63) is 47.7 Å². The van der Waals surface area contributed by atoms with Crippen LogP contribution < -0.4 is 0 Å². The lowest BCUT2D eigenvalue weighted by Gasteiger charge is -2.11. The second-order valence-electron chi connectivity index (χ2n) is 5.66. The van der Waals surface area contributed by atoms with Crippen LogP contribution in [-0.4, -0.2) is 25.9 Å². The highest BCUT2D eigenvalue weighted by atomic mass is 28.3. The molecular weight excluding hydrogens is 240 g/mol. The summed E-state index contributed by atoms with van der Waals surface area (Å²) in [7, 11) is -1.14. The van der Waals surface area contributed by atoms with Gasteiger partial charge in [0.15, 0.2) is 0 Å². The monoisotopic (exact) mass is 264 g/mol. The summed E-state index contributed by atoms with van der Waals surface area (Å²) in [6.07, 6.45) is 2.36. The minimum Gasteiger partial charge on any atom is -0.390 e. The molecule has 0 aromatic heterocycles. The van der Waals surface area contributed by atoms with Gasteiger partial charge in [0, 0.05) is 0 Å². The molecule has 3 heteroatoms. The van der Waals surface area contributed by atoms with Crippen LogP contribution in [0.5, 0.6) is 0 Å². The standard InChI is InChI=1S/C15H24O2Si/c1-18(2,3)11-7-10-15(16)13-17-12-14-8-5-4-6-9-14/h4-9,11,15-16H,10,12-13H2,1-3H3/b11-7-/t15-/m0/s1. The first-order chi connectivity index (χ1) is 8.47. The van der Waals surface area contributed by atoms with Gasteiger partial charge in [-0.15, -0.1) is 0 Å². The second kappa shape index (κ2) is 7.51. The third kappa shape index (κ3) is 7.43. The number of aliphatic hydroxyl groups is 1. The predicted octanol–water partition coefficient (Wildman–Crippen LogP) is 3.39. The molecule has 0 radical (unpaired) electrons. The summed E-state index contributed by atoms with van der Waals surface area (Å²) >= 11 is 0. The summed E-state index contributed by atoms with van der Waals surface area (Å²) in [5.74, 6) is 0. The lowest BCUT2D eigenvalue weighted by atomic mass is 10.2. The van der Waals surface area contributed by atoms with Gasteiger partial charge >= 0.3 is 0 Å². The Bertz CT molecular complexity index is 355. The third-order valence-corrected chi connectivity index (χ3v) is 3.68. The van der Waals surface area contributed by atoms with Gasteiger partial charge in [-0.25, -0.2) is 0 Å². The third-order valence-electron chi connectivity index (χ3n) is 2.45. The minimum absolute atomic E-state index is 0.394. The molecule has 1 atom stereocenters. The van der Waals surface area contributed by atoms with Crippen molar-refractivity contribution >= 4 is 8.07 Å². The summed E-state index contributed by atoms with van der Waals surface area (Å²) in [5.41, 5.74) is 3.40. The van der Waals surface area contributed by atoms with Gasteiger partial charge in [-0.05, 0) is 12.0 Å². The summed E-state index contributed by atoms with van der Waals surface area (Å²) in [6.45, 7) is 7.80. The Labute approximate surface area is 111 Å². The van der Waals surface area contributed by atoms with Crippen molar-refractivity contribution in [3.8, 4) is 0 Å². The molecule has 0 aliphatic carbocycles. The van der Waals surface area contributed by atoms with Crippen LogP contribution in [0.4, 0.5) is 0 Å². The molecule has 100 valence electrons. The molecule has 0 fully saturated rings. The largest absolute Gasteiger partial charge is 0.390 e. The van der Waals surface area contributed by atoms with Crippen LogP contribution in [0.15, 0.2) is 42.1 Å². The molecule has 1 aromatic carbocycles. The van der Waals surface area contributed by atoms with E-state index in [0.717, 1.165) is 5.56 Å². The smallest absolute Gasteiger partial charge is 0.0808 e. The molecule has 2 nitrogen and oxygen atoms in total. The fourth-order valence-electron chi connectivity index (χ4n) is 1.53. The van der Waals surface area contributed by atoms with E-state index in [1.165, 1.54) is 0 Å². The van der Waals surface area contributed by atoms with Crippen molar-refractivity contribution in [3.63, 3.8) is 0 Å². The van der Waals surface area contributed by atoms with E-state index < -0.39 is 14.2 Å². The molecule has 0 saturated heterocycles. The zero-order valence-corrected chi connectivity index (χ0v) is 12.6. The van der Waals surface area contributed by atoms with Crippen LogP contribution in [0.25, 0.3) is 0 Å². The van der Waals surface area contributed by atoms with Crippen LogP contribution in [-0.2, 0) is 11.3 Å². The Balaban J connectivity index is 2.18. The van der Waals surface area contributed by atoms with E-state index in [9.17, 15) is 5.11 Å². The summed E-state index contributed by atoms with van der Waals surface area (Å²) in [6, 6.07) is 10.0. The molecule has 0 aliphatic rings. The van der Waals surface area contributed by atoms with Gasteiger partial charge in [0.25, 0.3) is 0 Å². The Morgan fingerprint density at radius 2 is 1.89 bits per heavy atom. The Morgan fingerprint density at radius 1 is 1.22 bits per heavy atom. The maximum Gasteiger partial charge on any atom is 0.0808 e. The lowest BCUT2D eigenvalue weighted by Crippen LogP contribution is -2.17. The van der Waals surface area contributed by atoms with Crippen molar-refractivity contribution in [1.29, 1.82) is 0 Å². The molecule has 0 amide bonds. The Hall–Kier alpha value is -0.903. The first kappa shape index (κ1) is 15.2. The van der Waals surface area contributed by atoms with Crippen LogP contribution >= 0.6 is 0 Å². The van der Waals surface area contributed by atoms with E-state index in [2.05, 4.69) is 31.4 Å². The Kier molecular flexibility index (Phi) is 6.33. The normalized spacial score (nSPS) is 14.0. The Morgan fingerprint density at radius 3 is 2.50 bits per heavy atom. The summed E-state index contributed by atoms with van der Waals surface area (Å²) in [4.78, 5) is 0. The molecule has 0 spiro atoms. The number of rotatable bonds is 7. The van der Waals surface area contributed by atoms with Gasteiger partial charge in [-0.1, -0.05) is 61.7 Å². The van der Waals surface area contributed by atoms with Crippen LogP contribution in [0, 0.1) is 0 Å². The van der Waals surface area contributed by atoms with Gasteiger partial charge in [0.2, 0.25) is 0 Å². The van der Waals surface area contributed by atoms with Gasteiger partial charge in [0.05, 0.1) is 27.4 Å². The summed E-state index contributed by atoms with van der Waals surface area (Å²) in [5, 5.41) is 9.76. The molecule has 18 heavy (non-hydrogen) atoms. The first-order valence-electron chi connectivity index (χ1n) is 6.45. The zero-order chi connectivity index (χ0) is 13.4. The number of hydrogen-bond donors (Lipinski definition) is 1. The van der Waals surface area contributed by atoms with E-state index in [1.54, 1.807) is 0 Å². The SMILES string of the molecule is C[Si](C)(C)/C=C\C[C@H](O)COCc1ccccc1. The van der Waals surface area contributed by atoms with Crippen molar-refractivity contribution in [2.75, 3.05) is 6.61 Å². The first-order valence-corrected chi connectivity index (χ1v) is 10.0. The van der Waals surface area contributed by atoms with Crippen molar-refractivity contribution in [1.82, 2.24) is 0 Å². The van der Waals surface area contributed by atoms with Crippen LogP contribution in [0.3, 0.4) is 0 Å². The number of benzene rings is 1. The lowest BCUT2D eigenvalue weighted by molar-refractivity contribution is 0.0301. The number of aliphatic hydroxyl groups excluding tert-OH is 1. The van der Waals surface area contributed by atoms with Crippen molar-refractivity contribution in [2.45, 2.75) is 38.8 Å². The van der Waals surface area contributed by atoms with Crippen LogP contribution in [0.2, 0.25) is 19.6 Å². The highest BCUT2D eigenvalue weighted by molar-refractivity contribution is 6.80. The van der Waals surface area contributed by atoms with E-state index in [-0.39, 0.29) is 0 Å². The maximum absolute atomic E-state index is 9.76. The maximum atomic E-state index is 9.76. The highest BCUT2D eigenvalue weighted by Gasteiger charge is 2.08. The van der Waals surface area contributed by atoms with Crippen molar-refractivity contribution in [2.24, 2.45) is 0 Å². The second-order valence-corrected chi connectivity index (χ2v) is 10.7. The number of hydrogen-bond acceptors (Lipinski definition) is 2. The molecule has 0 aliphatic heterocycles. The molecule has 1 aromatic rings. The van der Waals surface area contributed by atoms with E-state index in [1.807, 2.05) is 30.3 Å². The summed E-state index contributed by atoms with van der Waals surface area (Å²) < 4.78 is 5.49. The van der Waals surface area contributed by atoms with Gasteiger partial charge in [-0.3, -0.25) is 0 Å². The molecule has 0 unspecified atom stereocenters. The molecule has 1 rings (SSSR count). The minimum atomic E-state index is -1.14. The average molecular weight is 264 g/mol. The van der Waals surface area contributed by atoms with Gasteiger partial charge in [-0.2, -0.15) is 0 Å². The quantitative estimate of drug-likeness (QED) is 0.765. The topological polar surface area (TPSA) is 29.5 Å². The predicted molar refractivity (Wildman–Crippen MR) is 79.2 cm³/mol. The van der Waals surface area contributed by atoms with Gasteiger partial charge < -0.3 is 9.84 Å². The fraction of sp³-hybridized carbons (Fsp3) is 0.467. The van der Waals surface area contributed by atoms with Crippen molar-refractivity contribution < 1.29 is 9.84 Å². The van der Waals surface area contributed by atoms with E-state index in [4.69, 9.17) is 4.74 Å². The molecule has 0 heterocycles. The average Bonchev–Trinajstić information content (AvgIpc) is 2.28. The molecule has 0 bridgehead atoms. The van der Waals surface area contributed by atoms with Crippen LogP contribution in [0.1, 0.15) is 12.0 Å². The fourth-order valence-corrected chi connectivity index (χ4v) is 2.38. The number of ether oxygens (including phenoxy) is 1. The zero-order valence-electron chi connectivity index (χ0n) is 11.6. The van der Waals surface area contributed by atoms with E-state index in [0.29, 0.717) is 19.6 Å². The highest BCUT2D eigenvalue weighted by Crippen LogP contribution is 2.05.